The lowest BCUT2D eigenvalue weighted by molar-refractivity contribution is 0.0913. The molecule has 0 heterocycles. The summed E-state index contributed by atoms with van der Waals surface area (Å²) in [5, 5.41) is 11.5. The predicted molar refractivity (Wildman–Crippen MR) is 77.5 cm³/mol. The van der Waals surface area contributed by atoms with E-state index >= 15 is 0 Å². The first-order chi connectivity index (χ1) is 9.34. The van der Waals surface area contributed by atoms with E-state index in [0.717, 1.165) is 0 Å². The smallest absolute Gasteiger partial charge is 0.235 e. The van der Waals surface area contributed by atoms with Crippen LogP contribution in [-0.2, 0) is 14.8 Å². The normalized spacial score (nSPS) is 12.7. The summed E-state index contributed by atoms with van der Waals surface area (Å²) in [6, 6.07) is 6.27. The summed E-state index contributed by atoms with van der Waals surface area (Å²) in [6.07, 6.45) is -0.0194. The largest absolute Gasteiger partial charge is 0.409 e. The quantitative estimate of drug-likeness (QED) is 0.300. The zero-order valence-corrected chi connectivity index (χ0v) is 12.2. The van der Waals surface area contributed by atoms with Crippen molar-refractivity contribution in [3.8, 4) is 0 Å². The Bertz CT molecular complexity index is 570. The fourth-order valence-electron chi connectivity index (χ4n) is 1.42. The number of amidine groups is 1. The fourth-order valence-corrected chi connectivity index (χ4v) is 2.33. The van der Waals surface area contributed by atoms with Crippen LogP contribution in [0.3, 0.4) is 0 Å². The van der Waals surface area contributed by atoms with Gasteiger partial charge in [-0.05, 0) is 26.0 Å². The summed E-state index contributed by atoms with van der Waals surface area (Å²) < 4.78 is 31.3. The maximum atomic E-state index is 11.8. The van der Waals surface area contributed by atoms with Gasteiger partial charge in [-0.25, -0.2) is 8.42 Å². The highest BCUT2D eigenvalue weighted by molar-refractivity contribution is 7.92. The molecule has 0 aliphatic heterocycles. The molecule has 4 N–H and O–H groups in total. The molecule has 0 spiro atoms. The second-order valence-corrected chi connectivity index (χ2v) is 6.25. The average molecular weight is 301 g/mol. The molecule has 7 nitrogen and oxygen atoms in total. The van der Waals surface area contributed by atoms with Crippen LogP contribution in [0.4, 0.5) is 5.69 Å². The molecule has 0 amide bonds. The predicted octanol–water partition coefficient (Wildman–Crippen LogP) is 0.948. The zero-order chi connectivity index (χ0) is 15.2. The molecule has 1 rings (SSSR count). The Balaban J connectivity index is 2.72. The van der Waals surface area contributed by atoms with E-state index in [-0.39, 0.29) is 24.3 Å². The summed E-state index contributed by atoms with van der Waals surface area (Å²) in [5.74, 6) is -0.229. The lowest BCUT2D eigenvalue weighted by Crippen LogP contribution is -2.22. The number of nitrogens with zero attached hydrogens (tertiary/aromatic N) is 1. The Labute approximate surface area is 118 Å². The minimum atomic E-state index is -3.50. The van der Waals surface area contributed by atoms with Crippen molar-refractivity contribution in [2.24, 2.45) is 10.9 Å². The molecule has 0 radical (unpaired) electrons. The van der Waals surface area contributed by atoms with Gasteiger partial charge in [0.05, 0.1) is 18.5 Å². The van der Waals surface area contributed by atoms with Crippen LogP contribution in [0.1, 0.15) is 19.4 Å². The number of hydrogen-bond donors (Lipinski definition) is 3. The van der Waals surface area contributed by atoms with Gasteiger partial charge in [0.2, 0.25) is 10.0 Å². The monoisotopic (exact) mass is 301 g/mol. The third-order valence-electron chi connectivity index (χ3n) is 2.34. The molecule has 20 heavy (non-hydrogen) atoms. The number of nitrogens with one attached hydrogen (secondary N) is 1. The Kier molecular flexibility index (Phi) is 5.78. The molecule has 112 valence electrons. The van der Waals surface area contributed by atoms with E-state index < -0.39 is 10.0 Å². The Morgan fingerprint density at radius 1 is 1.50 bits per heavy atom. The van der Waals surface area contributed by atoms with Crippen molar-refractivity contribution in [1.82, 2.24) is 0 Å². The van der Waals surface area contributed by atoms with Crippen molar-refractivity contribution in [1.29, 1.82) is 0 Å². The Hall–Kier alpha value is -1.80. The number of anilines is 1. The maximum Gasteiger partial charge on any atom is 0.235 e. The summed E-state index contributed by atoms with van der Waals surface area (Å²) >= 11 is 0. The molecule has 0 unspecified atom stereocenters. The number of oxime groups is 1. The SMILES string of the molecule is CC(C)OCCS(=O)(=O)Nc1cccc(C(N)=NO)c1. The molecule has 0 fully saturated rings. The summed E-state index contributed by atoms with van der Waals surface area (Å²) in [7, 11) is -3.50. The first-order valence-corrected chi connectivity index (χ1v) is 7.69. The van der Waals surface area contributed by atoms with Gasteiger partial charge in [0, 0.05) is 11.3 Å². The summed E-state index contributed by atoms with van der Waals surface area (Å²) in [6.45, 7) is 3.79. The zero-order valence-electron chi connectivity index (χ0n) is 11.4. The van der Waals surface area contributed by atoms with Crippen LogP contribution in [0, 0.1) is 0 Å². The first kappa shape index (κ1) is 16.3. The molecule has 0 aromatic heterocycles. The molecular formula is C12H19N3O4S. The topological polar surface area (TPSA) is 114 Å². The average Bonchev–Trinajstić information content (AvgIpc) is 2.36. The molecule has 1 aromatic rings. The van der Waals surface area contributed by atoms with Gasteiger partial charge in [0.1, 0.15) is 0 Å². The fraction of sp³-hybridized carbons (Fsp3) is 0.417. The van der Waals surface area contributed by atoms with Crippen molar-refractivity contribution in [3.05, 3.63) is 29.8 Å². The van der Waals surface area contributed by atoms with Crippen LogP contribution >= 0.6 is 0 Å². The number of ether oxygens (including phenoxy) is 1. The third kappa shape index (κ3) is 5.45. The Morgan fingerprint density at radius 2 is 2.20 bits per heavy atom. The van der Waals surface area contributed by atoms with Crippen LogP contribution in [0.5, 0.6) is 0 Å². The van der Waals surface area contributed by atoms with E-state index in [1.807, 2.05) is 13.8 Å². The Morgan fingerprint density at radius 3 is 2.80 bits per heavy atom. The minimum Gasteiger partial charge on any atom is -0.409 e. The van der Waals surface area contributed by atoms with Gasteiger partial charge in [-0.2, -0.15) is 0 Å². The van der Waals surface area contributed by atoms with Gasteiger partial charge >= 0.3 is 0 Å². The van der Waals surface area contributed by atoms with Crippen LogP contribution in [0.25, 0.3) is 0 Å². The number of rotatable bonds is 7. The van der Waals surface area contributed by atoms with E-state index in [4.69, 9.17) is 15.7 Å². The van der Waals surface area contributed by atoms with Crippen molar-refractivity contribution in [2.45, 2.75) is 20.0 Å². The van der Waals surface area contributed by atoms with Gasteiger partial charge in [-0.15, -0.1) is 0 Å². The highest BCUT2D eigenvalue weighted by Gasteiger charge is 2.11. The molecule has 0 saturated carbocycles. The lowest BCUT2D eigenvalue weighted by atomic mass is 10.2. The molecule has 8 heteroatoms. The third-order valence-corrected chi connectivity index (χ3v) is 3.59. The van der Waals surface area contributed by atoms with Gasteiger partial charge in [-0.1, -0.05) is 17.3 Å². The molecule has 0 atom stereocenters. The lowest BCUT2D eigenvalue weighted by Gasteiger charge is -2.10. The summed E-state index contributed by atoms with van der Waals surface area (Å²) in [4.78, 5) is 0. The van der Waals surface area contributed by atoms with E-state index in [1.165, 1.54) is 6.07 Å². The number of hydrogen-bond acceptors (Lipinski definition) is 5. The first-order valence-electron chi connectivity index (χ1n) is 6.04. The van der Waals surface area contributed by atoms with Gasteiger partial charge in [0.15, 0.2) is 5.84 Å². The van der Waals surface area contributed by atoms with E-state index in [1.54, 1.807) is 18.2 Å². The molecular weight excluding hydrogens is 282 g/mol. The van der Waals surface area contributed by atoms with E-state index in [2.05, 4.69) is 9.88 Å². The van der Waals surface area contributed by atoms with Crippen molar-refractivity contribution >= 4 is 21.5 Å². The van der Waals surface area contributed by atoms with Crippen LogP contribution in [0.15, 0.2) is 29.4 Å². The number of nitrogens with two attached hydrogens (primary N) is 1. The van der Waals surface area contributed by atoms with Crippen molar-refractivity contribution in [2.75, 3.05) is 17.1 Å². The second-order valence-electron chi connectivity index (χ2n) is 4.41. The van der Waals surface area contributed by atoms with Crippen molar-refractivity contribution in [3.63, 3.8) is 0 Å². The molecule has 0 saturated heterocycles. The number of benzene rings is 1. The highest BCUT2D eigenvalue weighted by Crippen LogP contribution is 2.12. The van der Waals surface area contributed by atoms with Gasteiger partial charge in [0.25, 0.3) is 0 Å². The molecule has 0 aliphatic carbocycles. The van der Waals surface area contributed by atoms with E-state index in [9.17, 15) is 8.42 Å². The molecule has 1 aromatic carbocycles. The maximum absolute atomic E-state index is 11.8. The minimum absolute atomic E-state index is 0.0194. The van der Waals surface area contributed by atoms with Gasteiger partial charge in [-0.3, -0.25) is 4.72 Å². The number of sulfonamides is 1. The van der Waals surface area contributed by atoms with Crippen molar-refractivity contribution < 1.29 is 18.4 Å². The van der Waals surface area contributed by atoms with Crippen LogP contribution < -0.4 is 10.5 Å². The van der Waals surface area contributed by atoms with Gasteiger partial charge < -0.3 is 15.7 Å². The highest BCUT2D eigenvalue weighted by atomic mass is 32.2. The summed E-state index contributed by atoms with van der Waals surface area (Å²) in [5.41, 5.74) is 6.21. The van der Waals surface area contributed by atoms with E-state index in [0.29, 0.717) is 11.3 Å². The molecule has 0 bridgehead atoms. The van der Waals surface area contributed by atoms with Crippen LogP contribution in [-0.4, -0.2) is 37.9 Å². The second kappa shape index (κ2) is 7.11. The standard InChI is InChI=1S/C12H19N3O4S/c1-9(2)19-6-7-20(17,18)15-11-5-3-4-10(8-11)12(13)14-16/h3-5,8-9,15-16H,6-7H2,1-2H3,(H2,13,14). The van der Waals surface area contributed by atoms with Crippen LogP contribution in [0.2, 0.25) is 0 Å². The molecule has 0 aliphatic rings.